The first-order valence-electron chi connectivity index (χ1n) is 19.1. The molecular weight excluding hydrogens is 699 g/mol. The zero-order chi connectivity index (χ0) is 37.5. The van der Waals surface area contributed by atoms with Crippen LogP contribution in [0, 0.1) is 0 Å². The number of hydrogen-bond donors (Lipinski definition) is 0. The minimum atomic E-state index is 0.552. The van der Waals surface area contributed by atoms with Crippen LogP contribution in [0.15, 0.2) is 192 Å². The second-order valence-electron chi connectivity index (χ2n) is 14.4. The lowest BCUT2D eigenvalue weighted by molar-refractivity contribution is 0.668. The Morgan fingerprint density at radius 2 is 0.895 bits per heavy atom. The molecule has 266 valence electrons. The Morgan fingerprint density at radius 1 is 0.351 bits per heavy atom. The molecule has 12 aromatic rings. The van der Waals surface area contributed by atoms with E-state index >= 15 is 0 Å². The summed E-state index contributed by atoms with van der Waals surface area (Å²) in [5.41, 5.74) is 11.0. The predicted octanol–water partition coefficient (Wildman–Crippen LogP) is 13.0. The number of furan rings is 1. The molecule has 0 fully saturated rings. The van der Waals surface area contributed by atoms with Crippen molar-refractivity contribution in [1.29, 1.82) is 0 Å². The Labute approximate surface area is 326 Å². The molecule has 0 saturated carbocycles. The maximum Gasteiger partial charge on any atom is 0.238 e. The van der Waals surface area contributed by atoms with Crippen molar-refractivity contribution in [2.24, 2.45) is 0 Å². The molecular formula is C51H31N5O. The third-order valence-corrected chi connectivity index (χ3v) is 11.2. The Morgan fingerprint density at radius 3 is 1.56 bits per heavy atom. The summed E-state index contributed by atoms with van der Waals surface area (Å²) in [7, 11) is 0. The van der Waals surface area contributed by atoms with E-state index in [4.69, 9.17) is 19.4 Å². The molecule has 4 aromatic heterocycles. The number of hydrogen-bond acceptors (Lipinski definition) is 4. The fourth-order valence-corrected chi connectivity index (χ4v) is 8.66. The molecule has 8 aromatic carbocycles. The first kappa shape index (κ1) is 31.5. The molecule has 0 aliphatic rings. The van der Waals surface area contributed by atoms with Gasteiger partial charge in [-0.05, 0) is 59.7 Å². The highest BCUT2D eigenvalue weighted by molar-refractivity contribution is 6.13. The highest BCUT2D eigenvalue weighted by Crippen LogP contribution is 2.40. The fourth-order valence-electron chi connectivity index (χ4n) is 8.66. The van der Waals surface area contributed by atoms with E-state index in [2.05, 4.69) is 179 Å². The van der Waals surface area contributed by atoms with Crippen molar-refractivity contribution in [3.63, 3.8) is 0 Å². The molecule has 12 rings (SSSR count). The van der Waals surface area contributed by atoms with Gasteiger partial charge >= 0.3 is 0 Å². The number of nitrogens with zero attached hydrogens (tertiary/aromatic N) is 5. The monoisotopic (exact) mass is 729 g/mol. The van der Waals surface area contributed by atoms with Crippen LogP contribution >= 0.6 is 0 Å². The van der Waals surface area contributed by atoms with Crippen LogP contribution in [0.25, 0.3) is 111 Å². The smallest absolute Gasteiger partial charge is 0.238 e. The van der Waals surface area contributed by atoms with Gasteiger partial charge in [-0.1, -0.05) is 133 Å². The molecule has 0 aliphatic carbocycles. The van der Waals surface area contributed by atoms with Gasteiger partial charge in [0.1, 0.15) is 11.2 Å². The number of fused-ring (bicyclic) bond motifs is 9. The van der Waals surface area contributed by atoms with Gasteiger partial charge in [0.15, 0.2) is 11.6 Å². The minimum absolute atomic E-state index is 0.552. The second kappa shape index (κ2) is 12.3. The van der Waals surface area contributed by atoms with E-state index in [-0.39, 0.29) is 0 Å². The fraction of sp³-hybridized carbons (Fsp3) is 0. The number of benzene rings is 8. The molecule has 4 heterocycles. The van der Waals surface area contributed by atoms with Crippen LogP contribution in [-0.2, 0) is 0 Å². The van der Waals surface area contributed by atoms with Crippen LogP contribution in [0.2, 0.25) is 0 Å². The predicted molar refractivity (Wildman–Crippen MR) is 232 cm³/mol. The first-order valence-corrected chi connectivity index (χ1v) is 19.1. The summed E-state index contributed by atoms with van der Waals surface area (Å²) in [6.07, 6.45) is 0. The highest BCUT2D eigenvalue weighted by Gasteiger charge is 2.21. The Kier molecular flexibility index (Phi) is 6.83. The van der Waals surface area contributed by atoms with E-state index in [1.165, 1.54) is 10.8 Å². The van der Waals surface area contributed by atoms with Gasteiger partial charge in [0.25, 0.3) is 0 Å². The summed E-state index contributed by atoms with van der Waals surface area (Å²) in [5.74, 6) is 1.71. The van der Waals surface area contributed by atoms with Crippen molar-refractivity contribution in [3.05, 3.63) is 188 Å². The molecule has 0 unspecified atom stereocenters. The van der Waals surface area contributed by atoms with Crippen molar-refractivity contribution in [2.45, 2.75) is 0 Å². The summed E-state index contributed by atoms with van der Waals surface area (Å²) < 4.78 is 11.2. The number of rotatable bonds is 5. The van der Waals surface area contributed by atoms with Crippen LogP contribution in [0.5, 0.6) is 0 Å². The molecule has 6 nitrogen and oxygen atoms in total. The zero-order valence-electron chi connectivity index (χ0n) is 30.5. The Balaban J connectivity index is 1.09. The third kappa shape index (κ3) is 4.87. The molecule has 0 saturated heterocycles. The number of aromatic nitrogens is 5. The molecule has 0 amide bonds. The van der Waals surface area contributed by atoms with Gasteiger partial charge < -0.3 is 8.98 Å². The van der Waals surface area contributed by atoms with E-state index < -0.39 is 0 Å². The van der Waals surface area contributed by atoms with E-state index in [1.807, 2.05) is 18.2 Å². The SMILES string of the molecule is c1ccc(-c2cccc(-c3nc(-c4cccc5oc6cc(-n7c8ccccc8c8ccccc87)ccc6c45)nc(-n4c5ccccc5c5ccccc54)n3)c2)cc1. The quantitative estimate of drug-likeness (QED) is 0.177. The van der Waals surface area contributed by atoms with E-state index in [9.17, 15) is 0 Å². The maximum atomic E-state index is 6.69. The summed E-state index contributed by atoms with van der Waals surface area (Å²) in [6, 6.07) is 65.5. The van der Waals surface area contributed by atoms with Crippen LogP contribution in [0.1, 0.15) is 0 Å². The van der Waals surface area contributed by atoms with Gasteiger partial charge in [-0.15, -0.1) is 0 Å². The average Bonchev–Trinajstić information content (AvgIpc) is 3.94. The molecule has 57 heavy (non-hydrogen) atoms. The first-order chi connectivity index (χ1) is 28.3. The molecule has 0 N–H and O–H groups in total. The van der Waals surface area contributed by atoms with Crippen molar-refractivity contribution < 1.29 is 4.42 Å². The molecule has 0 radical (unpaired) electrons. The van der Waals surface area contributed by atoms with E-state index in [0.717, 1.165) is 82.7 Å². The van der Waals surface area contributed by atoms with Crippen molar-refractivity contribution in [3.8, 4) is 45.5 Å². The van der Waals surface area contributed by atoms with E-state index in [1.54, 1.807) is 0 Å². The van der Waals surface area contributed by atoms with Crippen molar-refractivity contribution >= 4 is 65.6 Å². The second-order valence-corrected chi connectivity index (χ2v) is 14.4. The normalized spacial score (nSPS) is 11.9. The summed E-state index contributed by atoms with van der Waals surface area (Å²) in [6.45, 7) is 0. The van der Waals surface area contributed by atoms with E-state index in [0.29, 0.717) is 17.6 Å². The number of para-hydroxylation sites is 4. The molecule has 0 atom stereocenters. The van der Waals surface area contributed by atoms with Crippen LogP contribution < -0.4 is 0 Å². The standard InChI is InChI=1S/C51H31N5O/c1-2-14-32(15-3-1)33-16-12-17-34(30-33)49-52-50(54-51(53-49)56-44-25-10-6-20-38(44)39-21-7-11-26-45(39)56)41-22-13-27-46-48(41)40-29-28-35(31-47(40)57-46)55-42-23-8-4-18-36(42)37-19-5-9-24-43(37)55/h1-31H. The van der Waals surface area contributed by atoms with Gasteiger partial charge in [0, 0.05) is 55.2 Å². The Hall–Kier alpha value is -7.83. The largest absolute Gasteiger partial charge is 0.456 e. The van der Waals surface area contributed by atoms with Gasteiger partial charge in [0.05, 0.1) is 22.1 Å². The van der Waals surface area contributed by atoms with Gasteiger partial charge in [-0.25, -0.2) is 4.98 Å². The molecule has 6 heteroatoms. The maximum absolute atomic E-state index is 6.69. The topological polar surface area (TPSA) is 61.7 Å². The zero-order valence-corrected chi connectivity index (χ0v) is 30.5. The molecule has 0 spiro atoms. The summed E-state index contributed by atoms with van der Waals surface area (Å²) in [4.78, 5) is 15.8. The lowest BCUT2D eigenvalue weighted by Crippen LogP contribution is -2.06. The lowest BCUT2D eigenvalue weighted by atomic mass is 10.0. The highest BCUT2D eigenvalue weighted by atomic mass is 16.3. The summed E-state index contributed by atoms with van der Waals surface area (Å²) in [5, 5.41) is 6.69. The van der Waals surface area contributed by atoms with Gasteiger partial charge in [-0.2, -0.15) is 9.97 Å². The molecule has 0 bridgehead atoms. The van der Waals surface area contributed by atoms with Crippen LogP contribution in [-0.4, -0.2) is 24.1 Å². The third-order valence-electron chi connectivity index (χ3n) is 11.2. The van der Waals surface area contributed by atoms with Gasteiger partial charge in [-0.3, -0.25) is 4.57 Å². The minimum Gasteiger partial charge on any atom is -0.456 e. The lowest BCUT2D eigenvalue weighted by Gasteiger charge is -2.12. The summed E-state index contributed by atoms with van der Waals surface area (Å²) >= 11 is 0. The average molecular weight is 730 g/mol. The van der Waals surface area contributed by atoms with Crippen LogP contribution in [0.3, 0.4) is 0 Å². The molecule has 0 aliphatic heterocycles. The van der Waals surface area contributed by atoms with Crippen molar-refractivity contribution in [1.82, 2.24) is 24.1 Å². The van der Waals surface area contributed by atoms with Crippen LogP contribution in [0.4, 0.5) is 0 Å². The van der Waals surface area contributed by atoms with Crippen molar-refractivity contribution in [2.75, 3.05) is 0 Å². The Bertz CT molecular complexity index is 3430. The van der Waals surface area contributed by atoms with Gasteiger partial charge in [0.2, 0.25) is 5.95 Å².